The molecule has 0 amide bonds. The second-order valence-electron chi connectivity index (χ2n) is 0.771. The lowest BCUT2D eigenvalue weighted by molar-refractivity contribution is 2.32. The van der Waals surface area contributed by atoms with Crippen molar-refractivity contribution in [1.82, 2.24) is 0 Å². The van der Waals surface area contributed by atoms with E-state index in [9.17, 15) is 0 Å². The zero-order chi connectivity index (χ0) is 6.57. The van der Waals surface area contributed by atoms with Crippen LogP contribution in [-0.4, -0.2) is 0 Å². The molecule has 0 rings (SSSR count). The molecule has 0 atom stereocenters. The van der Waals surface area contributed by atoms with Gasteiger partial charge >= 0.3 is 0 Å². The molecule has 0 nitrogen and oxygen atoms in total. The van der Waals surface area contributed by atoms with Crippen LogP contribution < -0.4 is 0 Å². The Morgan fingerprint density at radius 2 is 1.00 bits per heavy atom. The van der Waals surface area contributed by atoms with Crippen LogP contribution in [0, 0.1) is 0 Å². The first kappa shape index (κ1) is 10.2. The Labute approximate surface area is 103 Å². The fourth-order valence-corrected chi connectivity index (χ4v) is 0.634. The predicted molar refractivity (Wildman–Crippen MR) is 70.1 cm³/mol. The van der Waals surface area contributed by atoms with Crippen molar-refractivity contribution in [3.63, 3.8) is 0 Å². The first-order chi connectivity index (χ1) is 3.63. The maximum atomic E-state index is 2.93. The molecule has 0 aromatic rings. The van der Waals surface area contributed by atoms with Crippen LogP contribution >= 0.6 is 90.4 Å². The summed E-state index contributed by atoms with van der Waals surface area (Å²) in [7, 11) is 0. The van der Waals surface area contributed by atoms with E-state index in [-0.39, 0.29) is 0 Å². The van der Waals surface area contributed by atoms with Crippen LogP contribution in [-0.2, 0) is 0 Å². The molecule has 0 aliphatic carbocycles. The van der Waals surface area contributed by atoms with E-state index < -0.39 is 0 Å². The Kier molecular flexibility index (Phi) is 7.62. The summed E-state index contributed by atoms with van der Waals surface area (Å²) in [5, 5.41) is 0. The van der Waals surface area contributed by atoms with Gasteiger partial charge in [-0.2, -0.15) is 0 Å². The van der Waals surface area contributed by atoms with Gasteiger partial charge in [-0.15, -0.1) is 0 Å². The van der Waals surface area contributed by atoms with Crippen molar-refractivity contribution in [3.8, 4) is 0 Å². The van der Waals surface area contributed by atoms with E-state index in [1.165, 1.54) is 0 Å². The van der Waals surface area contributed by atoms with Gasteiger partial charge in [-0.3, -0.25) is 0 Å². The van der Waals surface area contributed by atoms with Gasteiger partial charge in [0.1, 0.15) is 3.17 Å². The van der Waals surface area contributed by atoms with Crippen molar-refractivity contribution in [2.24, 2.45) is 0 Å². The lowest BCUT2D eigenvalue weighted by Gasteiger charge is -1.67. The number of hydrogen-bond donors (Lipinski definition) is 0. The van der Waals surface area contributed by atoms with Gasteiger partial charge < -0.3 is 0 Å². The fraction of sp³-hybridized carbons (Fsp3) is 0. The zero-order valence-corrected chi connectivity index (χ0v) is 12.1. The highest BCUT2D eigenvalue weighted by atomic mass is 127. The first-order valence-electron chi connectivity index (χ1n) is 1.51. The molecule has 0 unspecified atom stereocenters. The van der Waals surface area contributed by atoms with Gasteiger partial charge in [0.05, 0.1) is 0 Å². The monoisotopic (exact) mass is 556 g/mol. The Morgan fingerprint density at radius 3 is 1.12 bits per heavy atom. The third kappa shape index (κ3) is 8.22. The summed E-state index contributed by atoms with van der Waals surface area (Å²) in [6, 6.07) is 0. The first-order valence-corrected chi connectivity index (χ1v) is 5.82. The summed E-state index contributed by atoms with van der Waals surface area (Å²) in [6.45, 7) is 0. The molecule has 0 aromatic heterocycles. The molecule has 44 valence electrons. The zero-order valence-electron chi connectivity index (χ0n) is 3.51. The largest absolute Gasteiger partial charge is 0.101 e. The van der Waals surface area contributed by atoms with E-state index in [0.29, 0.717) is 0 Å². The van der Waals surface area contributed by atoms with Crippen molar-refractivity contribution in [3.05, 3.63) is 14.6 Å². The quantitative estimate of drug-likeness (QED) is 0.311. The molecule has 0 radical (unpaired) electrons. The minimum absolute atomic E-state index is 1.10. The van der Waals surface area contributed by atoms with Gasteiger partial charge in [0.25, 0.3) is 0 Å². The average Bonchev–Trinajstić information content (AvgIpc) is 1.61. The minimum Gasteiger partial charge on any atom is -0.0473 e. The smallest absolute Gasteiger partial charge is 0.0473 e. The lowest BCUT2D eigenvalue weighted by Crippen LogP contribution is -1.36. The Balaban J connectivity index is 4.47. The van der Waals surface area contributed by atoms with Crippen LogP contribution in [0.5, 0.6) is 0 Å². The van der Waals surface area contributed by atoms with E-state index in [1.54, 1.807) is 0 Å². The second-order valence-corrected chi connectivity index (χ2v) is 9.21. The predicted octanol–water partition coefficient (Wildman–Crippen LogP) is 4.16. The van der Waals surface area contributed by atoms with Crippen molar-refractivity contribution in [1.29, 1.82) is 0 Å². The molecule has 0 bridgehead atoms. The van der Waals surface area contributed by atoms with Crippen molar-refractivity contribution >= 4 is 90.4 Å². The number of halogens is 4. The van der Waals surface area contributed by atoms with Gasteiger partial charge in [-0.25, -0.2) is 0 Å². The van der Waals surface area contributed by atoms with E-state index in [1.807, 2.05) is 0 Å². The molecular formula is C4I4. The Morgan fingerprint density at radius 1 is 0.750 bits per heavy atom. The SMILES string of the molecule is IC(I)=C=C=C(I)I. The van der Waals surface area contributed by atoms with E-state index >= 15 is 0 Å². The molecule has 0 saturated carbocycles. The summed E-state index contributed by atoms with van der Waals surface area (Å²) in [4.78, 5) is 0. The highest BCUT2D eigenvalue weighted by Gasteiger charge is 1.72. The molecule has 8 heavy (non-hydrogen) atoms. The number of rotatable bonds is 0. The normalized spacial score (nSPS) is 7.00. The molecule has 0 N–H and O–H groups in total. The fourth-order valence-electron chi connectivity index (χ4n) is 0.0945. The van der Waals surface area contributed by atoms with E-state index in [4.69, 9.17) is 0 Å². The molecule has 0 spiro atoms. The van der Waals surface area contributed by atoms with Crippen LogP contribution in [0.1, 0.15) is 0 Å². The van der Waals surface area contributed by atoms with Gasteiger partial charge in [0, 0.05) is 0 Å². The Bertz CT molecular complexity index is 140. The van der Waals surface area contributed by atoms with Gasteiger partial charge in [-0.1, -0.05) is 0 Å². The van der Waals surface area contributed by atoms with Gasteiger partial charge in [-0.05, 0) is 102 Å². The van der Waals surface area contributed by atoms with Gasteiger partial charge in [0.15, 0.2) is 0 Å². The van der Waals surface area contributed by atoms with E-state index in [0.717, 1.165) is 3.17 Å². The van der Waals surface area contributed by atoms with Crippen molar-refractivity contribution in [2.75, 3.05) is 0 Å². The number of hydrogen-bond acceptors (Lipinski definition) is 0. The third-order valence-corrected chi connectivity index (χ3v) is 1.33. The summed E-state index contributed by atoms with van der Waals surface area (Å²) in [6.07, 6.45) is 0. The maximum absolute atomic E-state index is 2.93. The molecule has 0 aliphatic heterocycles. The van der Waals surface area contributed by atoms with Crippen LogP contribution in [0.3, 0.4) is 0 Å². The maximum Gasteiger partial charge on any atom is 0.101 e. The van der Waals surface area contributed by atoms with Crippen LogP contribution in [0.25, 0.3) is 0 Å². The van der Waals surface area contributed by atoms with Crippen LogP contribution in [0.4, 0.5) is 0 Å². The summed E-state index contributed by atoms with van der Waals surface area (Å²) in [5.41, 5.74) is 5.87. The third-order valence-electron chi connectivity index (χ3n) is 0.251. The second kappa shape index (κ2) is 5.96. The topological polar surface area (TPSA) is 0 Å². The molecule has 0 fully saturated rings. The average molecular weight is 556 g/mol. The lowest BCUT2D eigenvalue weighted by atomic mass is 10.9. The van der Waals surface area contributed by atoms with Crippen LogP contribution in [0.15, 0.2) is 14.6 Å². The summed E-state index contributed by atoms with van der Waals surface area (Å²) in [5.74, 6) is 0. The summed E-state index contributed by atoms with van der Waals surface area (Å²) < 4.78 is 2.21. The Hall–Kier alpha value is 2.22. The highest BCUT2D eigenvalue weighted by Crippen LogP contribution is 2.15. The standard InChI is InChI=1S/C4I4/c5-3(6)1-2-4(7)8. The molecule has 4 heteroatoms. The van der Waals surface area contributed by atoms with Crippen molar-refractivity contribution < 1.29 is 0 Å². The minimum atomic E-state index is 1.10. The molecule has 0 aliphatic rings. The molecule has 0 aromatic carbocycles. The van der Waals surface area contributed by atoms with E-state index in [2.05, 4.69) is 102 Å². The highest BCUT2D eigenvalue weighted by molar-refractivity contribution is 14.2. The molecule has 0 saturated heterocycles. The van der Waals surface area contributed by atoms with Crippen molar-refractivity contribution in [2.45, 2.75) is 0 Å². The molecular weight excluding hydrogens is 556 g/mol. The van der Waals surface area contributed by atoms with Gasteiger partial charge in [0.2, 0.25) is 0 Å². The molecule has 0 heterocycles. The van der Waals surface area contributed by atoms with Crippen LogP contribution in [0.2, 0.25) is 0 Å². The summed E-state index contributed by atoms with van der Waals surface area (Å²) >= 11 is 8.74.